The minimum absolute atomic E-state index is 0.0118. The van der Waals surface area contributed by atoms with Gasteiger partial charge < -0.3 is 14.2 Å². The van der Waals surface area contributed by atoms with Crippen molar-refractivity contribution in [1.82, 2.24) is 30.1 Å². The van der Waals surface area contributed by atoms with E-state index in [0.717, 1.165) is 37.3 Å². The molecule has 4 aromatic heterocycles. The van der Waals surface area contributed by atoms with Gasteiger partial charge in [0.25, 0.3) is 5.19 Å². The van der Waals surface area contributed by atoms with E-state index in [1.54, 1.807) is 24.7 Å². The topological polar surface area (TPSA) is 120 Å². The molecule has 1 aliphatic heterocycles. The van der Waals surface area contributed by atoms with Gasteiger partial charge in [-0.15, -0.1) is 0 Å². The Balaban J connectivity index is 1.22. The summed E-state index contributed by atoms with van der Waals surface area (Å²) in [6.45, 7) is 7.90. The van der Waals surface area contributed by atoms with Crippen molar-refractivity contribution in [2.45, 2.75) is 50.7 Å². The van der Waals surface area contributed by atoms with Gasteiger partial charge >= 0.3 is 6.01 Å². The lowest BCUT2D eigenvalue weighted by Gasteiger charge is -2.33. The predicted molar refractivity (Wildman–Crippen MR) is 134 cm³/mol. The van der Waals surface area contributed by atoms with Gasteiger partial charge in [0.15, 0.2) is 16.3 Å². The second-order valence-electron chi connectivity index (χ2n) is 8.94. The van der Waals surface area contributed by atoms with E-state index in [0.29, 0.717) is 38.3 Å². The average Bonchev–Trinajstić information content (AvgIpc) is 3.51. The van der Waals surface area contributed by atoms with Crippen LogP contribution in [0.4, 0.5) is 6.01 Å². The molecule has 0 bridgehead atoms. The lowest BCUT2D eigenvalue weighted by atomic mass is 9.92. The number of fused-ring (bicyclic) bond motifs is 1. The molecule has 1 saturated heterocycles. The van der Waals surface area contributed by atoms with E-state index in [1.165, 1.54) is 11.3 Å². The van der Waals surface area contributed by atoms with Crippen LogP contribution in [0.5, 0.6) is 5.19 Å². The van der Waals surface area contributed by atoms with Gasteiger partial charge in [-0.25, -0.2) is 15.0 Å². The molecule has 10 nitrogen and oxygen atoms in total. The number of hydrogen-bond donors (Lipinski definition) is 0. The van der Waals surface area contributed by atoms with Crippen LogP contribution >= 0.6 is 11.3 Å². The number of hydrogen-bond acceptors (Lipinski definition) is 11. The van der Waals surface area contributed by atoms with Gasteiger partial charge in [-0.3, -0.25) is 4.21 Å². The monoisotopic (exact) mass is 513 g/mol. The highest BCUT2D eigenvalue weighted by molar-refractivity contribution is 7.84. The molecule has 0 saturated carbocycles. The van der Waals surface area contributed by atoms with E-state index >= 15 is 0 Å². The highest BCUT2D eigenvalue weighted by atomic mass is 32.2. The number of rotatable bonds is 7. The molecule has 12 heteroatoms. The largest absolute Gasteiger partial charge is 0.467 e. The van der Waals surface area contributed by atoms with E-state index in [2.05, 4.69) is 55.7 Å². The van der Waals surface area contributed by atoms with Crippen molar-refractivity contribution in [3.63, 3.8) is 0 Å². The Hall–Kier alpha value is -2.99. The molecular weight excluding hydrogens is 486 g/mol. The number of piperidine rings is 1. The lowest BCUT2D eigenvalue weighted by Crippen LogP contribution is -2.38. The quantitative estimate of drug-likeness (QED) is 0.357. The normalized spacial score (nSPS) is 16.7. The Morgan fingerprint density at radius 3 is 2.57 bits per heavy atom. The molecule has 0 radical (unpaired) electrons. The molecule has 0 aromatic carbocycles. The molecule has 0 aliphatic carbocycles. The van der Waals surface area contributed by atoms with Gasteiger partial charge in [0.1, 0.15) is 11.1 Å². The van der Waals surface area contributed by atoms with Crippen molar-refractivity contribution in [3.05, 3.63) is 30.4 Å². The molecule has 0 amide bonds. The van der Waals surface area contributed by atoms with Crippen molar-refractivity contribution in [3.8, 4) is 16.5 Å². The fraction of sp³-hybridized carbons (Fsp3) is 0.478. The number of aromatic nitrogens is 6. The Kier molecular flexibility index (Phi) is 6.74. The minimum Gasteiger partial charge on any atom is -0.467 e. The van der Waals surface area contributed by atoms with Crippen molar-refractivity contribution in [1.29, 1.82) is 0 Å². The van der Waals surface area contributed by atoms with Crippen molar-refractivity contribution in [2.24, 2.45) is 5.92 Å². The molecule has 184 valence electrons. The van der Waals surface area contributed by atoms with Crippen molar-refractivity contribution in [2.75, 3.05) is 24.2 Å². The Morgan fingerprint density at radius 1 is 1.11 bits per heavy atom. The number of pyridine rings is 1. The molecule has 5 heterocycles. The van der Waals surface area contributed by atoms with Crippen LogP contribution in [0.25, 0.3) is 21.7 Å². The average molecular weight is 514 g/mol. The first-order valence-electron chi connectivity index (χ1n) is 11.6. The minimum atomic E-state index is -1.12. The zero-order valence-corrected chi connectivity index (χ0v) is 21.7. The zero-order chi connectivity index (χ0) is 24.5. The van der Waals surface area contributed by atoms with E-state index in [9.17, 15) is 4.21 Å². The molecule has 2 atom stereocenters. The van der Waals surface area contributed by atoms with E-state index in [4.69, 9.17) is 9.26 Å². The van der Waals surface area contributed by atoms with Crippen LogP contribution in [-0.4, -0.2) is 59.7 Å². The summed E-state index contributed by atoms with van der Waals surface area (Å²) >= 11 is 1.39. The number of nitrogens with zero attached hydrogens (tertiary/aromatic N) is 7. The highest BCUT2D eigenvalue weighted by Crippen LogP contribution is 2.31. The van der Waals surface area contributed by atoms with Gasteiger partial charge in [0.05, 0.1) is 22.7 Å². The molecule has 35 heavy (non-hydrogen) atoms. The number of anilines is 1. The summed E-state index contributed by atoms with van der Waals surface area (Å²) in [5, 5.41) is 5.18. The Morgan fingerprint density at radius 2 is 1.91 bits per heavy atom. The summed E-state index contributed by atoms with van der Waals surface area (Å²) in [4.78, 5) is 25.3. The van der Waals surface area contributed by atoms with Crippen LogP contribution in [0.1, 0.15) is 45.4 Å². The van der Waals surface area contributed by atoms with Crippen LogP contribution in [-0.2, 0) is 10.8 Å². The maximum absolute atomic E-state index is 11.6. The second kappa shape index (κ2) is 9.94. The molecule has 1 aliphatic rings. The first kappa shape index (κ1) is 23.7. The molecule has 0 N–H and O–H groups in total. The first-order valence-corrected chi connectivity index (χ1v) is 13.9. The van der Waals surface area contributed by atoms with E-state index < -0.39 is 10.8 Å². The van der Waals surface area contributed by atoms with Gasteiger partial charge in [0.2, 0.25) is 0 Å². The predicted octanol–water partition coefficient (Wildman–Crippen LogP) is 4.08. The van der Waals surface area contributed by atoms with Gasteiger partial charge in [-0.1, -0.05) is 30.3 Å². The summed E-state index contributed by atoms with van der Waals surface area (Å²) < 4.78 is 23.2. The van der Waals surface area contributed by atoms with Crippen LogP contribution in [0, 0.1) is 5.92 Å². The van der Waals surface area contributed by atoms with E-state index in [1.807, 2.05) is 6.07 Å². The maximum atomic E-state index is 11.6. The van der Waals surface area contributed by atoms with Gasteiger partial charge in [-0.05, 0) is 37.8 Å². The smallest absolute Gasteiger partial charge is 0.324 e. The highest BCUT2D eigenvalue weighted by Gasteiger charge is 2.28. The number of thiazole rings is 1. The third-order valence-corrected chi connectivity index (χ3v) is 7.80. The fourth-order valence-electron chi connectivity index (χ4n) is 4.00. The van der Waals surface area contributed by atoms with Crippen LogP contribution in [0.2, 0.25) is 0 Å². The number of ether oxygens (including phenoxy) is 1. The molecule has 2 unspecified atom stereocenters. The maximum Gasteiger partial charge on any atom is 0.324 e. The Labute approximate surface area is 209 Å². The van der Waals surface area contributed by atoms with Crippen molar-refractivity contribution >= 4 is 38.6 Å². The SMILES string of the molecule is CC(C)c1noc(N2CCC(C(C)Oc3nc4ncc(-c5ccc(S(C)=O)nc5)nc4s3)CC2)n1. The second-order valence-corrected chi connectivity index (χ2v) is 11.2. The summed E-state index contributed by atoms with van der Waals surface area (Å²) in [5.74, 6) is 1.39. The summed E-state index contributed by atoms with van der Waals surface area (Å²) in [6.07, 6.45) is 6.89. The standard InChI is InChI=1S/C23H27N7O3S2/c1-13(2)19-27-22(33-29-19)30-9-7-15(8-10-30)14(3)32-23-28-20-21(34-23)26-17(12-25-20)16-5-6-18(24-11-16)35(4)31/h5-6,11-15H,7-10H2,1-4H3. The Bertz CT molecular complexity index is 1330. The third-order valence-electron chi connectivity index (χ3n) is 6.14. The van der Waals surface area contributed by atoms with Gasteiger partial charge in [0, 0.05) is 37.0 Å². The van der Waals surface area contributed by atoms with E-state index in [-0.39, 0.29) is 12.0 Å². The molecule has 4 aromatic rings. The summed E-state index contributed by atoms with van der Waals surface area (Å²) in [6, 6.07) is 4.20. The van der Waals surface area contributed by atoms with Crippen molar-refractivity contribution < 1.29 is 13.5 Å². The van der Waals surface area contributed by atoms with Crippen LogP contribution < -0.4 is 9.64 Å². The lowest BCUT2D eigenvalue weighted by molar-refractivity contribution is 0.131. The molecule has 1 fully saturated rings. The van der Waals surface area contributed by atoms with Crippen LogP contribution in [0.15, 0.2) is 34.1 Å². The summed E-state index contributed by atoms with van der Waals surface area (Å²) in [7, 11) is -1.12. The summed E-state index contributed by atoms with van der Waals surface area (Å²) in [5.41, 5.74) is 2.06. The van der Waals surface area contributed by atoms with Gasteiger partial charge in [-0.2, -0.15) is 9.97 Å². The zero-order valence-electron chi connectivity index (χ0n) is 20.0. The molecular formula is C23H27N7O3S2. The molecule has 5 rings (SSSR count). The van der Waals surface area contributed by atoms with Crippen LogP contribution in [0.3, 0.4) is 0 Å². The third kappa shape index (κ3) is 5.18. The molecule has 0 spiro atoms. The first-order chi connectivity index (χ1) is 16.9. The fourth-order valence-corrected chi connectivity index (χ4v) is 5.29.